The summed E-state index contributed by atoms with van der Waals surface area (Å²) in [6.45, 7) is 3.45. The highest BCUT2D eigenvalue weighted by Gasteiger charge is 2.37. The van der Waals surface area contributed by atoms with E-state index in [0.29, 0.717) is 5.69 Å². The summed E-state index contributed by atoms with van der Waals surface area (Å²) in [6, 6.07) is 10.4. The molecule has 2 heterocycles. The van der Waals surface area contributed by atoms with Crippen molar-refractivity contribution in [3.63, 3.8) is 0 Å². The van der Waals surface area contributed by atoms with Gasteiger partial charge in [0.25, 0.3) is 0 Å². The molecule has 0 saturated carbocycles. The van der Waals surface area contributed by atoms with Gasteiger partial charge in [0.2, 0.25) is 17.7 Å². The molecule has 2 aromatic carbocycles. The zero-order chi connectivity index (χ0) is 25.1. The first kappa shape index (κ1) is 24.9. The average molecular weight is 516 g/mol. The number of hydrogen-bond acceptors (Lipinski definition) is 5. The van der Waals surface area contributed by atoms with E-state index in [1.54, 1.807) is 6.07 Å². The molecule has 35 heavy (non-hydrogen) atoms. The molecule has 1 aliphatic rings. The van der Waals surface area contributed by atoms with Gasteiger partial charge in [0.1, 0.15) is 23.7 Å². The van der Waals surface area contributed by atoms with Crippen LogP contribution in [0.4, 0.5) is 14.5 Å². The fourth-order valence-corrected chi connectivity index (χ4v) is 6.14. The number of rotatable bonds is 6. The van der Waals surface area contributed by atoms with Crippen molar-refractivity contribution in [2.75, 3.05) is 5.32 Å². The van der Waals surface area contributed by atoms with Crippen molar-refractivity contribution in [1.29, 1.82) is 0 Å². The lowest BCUT2D eigenvalue weighted by Crippen LogP contribution is -2.52. The molecule has 182 valence electrons. The molecule has 3 aromatic rings. The Hall–Kier alpha value is -3.24. The monoisotopic (exact) mass is 515 g/mol. The van der Waals surface area contributed by atoms with Gasteiger partial charge in [-0.3, -0.25) is 14.4 Å². The lowest BCUT2D eigenvalue weighted by molar-refractivity contribution is -0.130. The first-order chi connectivity index (χ1) is 16.7. The largest absolute Gasteiger partial charge is 0.344 e. The molecule has 6 nitrogen and oxygen atoms in total. The third-order valence-electron chi connectivity index (χ3n) is 5.37. The van der Waals surface area contributed by atoms with E-state index in [9.17, 15) is 23.2 Å². The van der Waals surface area contributed by atoms with Gasteiger partial charge in [0.05, 0.1) is 17.4 Å². The number of fused-ring (bicyclic) bond motifs is 1. The Morgan fingerprint density at radius 1 is 1.11 bits per heavy atom. The molecule has 1 aliphatic heterocycles. The van der Waals surface area contributed by atoms with Gasteiger partial charge >= 0.3 is 0 Å². The molecule has 0 aliphatic carbocycles. The van der Waals surface area contributed by atoms with E-state index in [0.717, 1.165) is 33.5 Å². The summed E-state index contributed by atoms with van der Waals surface area (Å²) < 4.78 is 26.8. The number of anilines is 1. The number of hydrogen-bond donors (Lipinski definition) is 3. The summed E-state index contributed by atoms with van der Waals surface area (Å²) >= 11 is 2.99. The molecule has 1 aromatic heterocycles. The van der Waals surface area contributed by atoms with E-state index in [1.807, 2.05) is 36.6 Å². The molecule has 3 amide bonds. The van der Waals surface area contributed by atoms with Crippen LogP contribution in [0.5, 0.6) is 0 Å². The molecule has 0 fully saturated rings. The van der Waals surface area contributed by atoms with Crippen LogP contribution in [0.15, 0.2) is 58.8 Å². The zero-order valence-electron chi connectivity index (χ0n) is 18.9. The van der Waals surface area contributed by atoms with Crippen LogP contribution in [0.3, 0.4) is 0 Å². The van der Waals surface area contributed by atoms with Crippen LogP contribution in [0.2, 0.25) is 0 Å². The smallest absolute Gasteiger partial charge is 0.248 e. The van der Waals surface area contributed by atoms with Gasteiger partial charge in [-0.25, -0.2) is 8.78 Å². The average Bonchev–Trinajstić information content (AvgIpc) is 3.16. The number of amides is 3. The highest BCUT2D eigenvalue weighted by Crippen LogP contribution is 2.45. The molecule has 0 spiro atoms. The number of para-hydroxylation sites is 1. The number of halogens is 2. The van der Waals surface area contributed by atoms with E-state index in [4.69, 9.17) is 0 Å². The fourth-order valence-electron chi connectivity index (χ4n) is 3.73. The maximum absolute atomic E-state index is 13.4. The second-order valence-corrected chi connectivity index (χ2v) is 10.4. The standard InChI is InChI=1S/C25H23F2N3O3S2/c1-13-7-20(34-12-13)23-22(25(33)29-18-5-3-4-6-19(18)35-23)30-24(32)14(2)28-21(31)10-15-8-16(26)11-17(27)9-15/h3-9,11-12,14,22-23H,10H2,1-2H3,(H,28,31)(H,29,33)(H,30,32)/t14-,22-,23+/m0/s1. The number of carbonyl (C=O) groups is 3. The molecule has 4 rings (SSSR count). The highest BCUT2D eigenvalue weighted by molar-refractivity contribution is 8.00. The lowest BCUT2D eigenvalue weighted by Gasteiger charge is -2.25. The number of carbonyl (C=O) groups excluding carboxylic acids is 3. The second-order valence-electron chi connectivity index (χ2n) is 8.28. The highest BCUT2D eigenvalue weighted by atomic mass is 32.2. The van der Waals surface area contributed by atoms with E-state index < -0.39 is 35.5 Å². The number of thiophene rings is 1. The van der Waals surface area contributed by atoms with Crippen LogP contribution >= 0.6 is 23.1 Å². The van der Waals surface area contributed by atoms with Gasteiger partial charge in [0, 0.05) is 15.8 Å². The Kier molecular flexibility index (Phi) is 7.51. The first-order valence-corrected chi connectivity index (χ1v) is 12.6. The fraction of sp³-hybridized carbons (Fsp3) is 0.240. The third-order valence-corrected chi connectivity index (χ3v) is 8.04. The van der Waals surface area contributed by atoms with Crippen molar-refractivity contribution in [3.05, 3.63) is 81.5 Å². The molecule has 0 saturated heterocycles. The van der Waals surface area contributed by atoms with Crippen molar-refractivity contribution < 1.29 is 23.2 Å². The Bertz CT molecular complexity index is 1260. The maximum Gasteiger partial charge on any atom is 0.248 e. The van der Waals surface area contributed by atoms with E-state index >= 15 is 0 Å². The predicted molar refractivity (Wildman–Crippen MR) is 132 cm³/mol. The molecule has 0 bridgehead atoms. The number of aryl methyl sites for hydroxylation is 1. The first-order valence-electron chi connectivity index (χ1n) is 10.9. The Morgan fingerprint density at radius 2 is 1.83 bits per heavy atom. The SMILES string of the molecule is Cc1csc([C@H]2Sc3ccccc3NC(=O)[C@H]2NC(=O)[C@H](C)NC(=O)Cc2cc(F)cc(F)c2)c1. The molecular formula is C25H23F2N3O3S2. The van der Waals surface area contributed by atoms with Crippen LogP contribution in [-0.2, 0) is 20.8 Å². The van der Waals surface area contributed by atoms with Crippen LogP contribution in [0.1, 0.15) is 28.2 Å². The molecular weight excluding hydrogens is 492 g/mol. The quantitative estimate of drug-likeness (QED) is 0.456. The van der Waals surface area contributed by atoms with E-state index in [-0.39, 0.29) is 23.1 Å². The molecule has 0 unspecified atom stereocenters. The number of thioether (sulfide) groups is 1. The summed E-state index contributed by atoms with van der Waals surface area (Å²) in [5, 5.41) is 9.81. The summed E-state index contributed by atoms with van der Waals surface area (Å²) in [6.07, 6.45) is -0.293. The van der Waals surface area contributed by atoms with Crippen molar-refractivity contribution >= 4 is 46.5 Å². The molecule has 3 N–H and O–H groups in total. The van der Waals surface area contributed by atoms with Crippen LogP contribution in [0, 0.1) is 18.6 Å². The van der Waals surface area contributed by atoms with E-state index in [2.05, 4.69) is 16.0 Å². The minimum Gasteiger partial charge on any atom is -0.344 e. The minimum absolute atomic E-state index is 0.151. The summed E-state index contributed by atoms with van der Waals surface area (Å²) in [5.74, 6) is -3.05. The topological polar surface area (TPSA) is 87.3 Å². The van der Waals surface area contributed by atoms with Crippen molar-refractivity contribution in [2.45, 2.75) is 42.5 Å². The van der Waals surface area contributed by atoms with Crippen molar-refractivity contribution in [3.8, 4) is 0 Å². The summed E-state index contributed by atoms with van der Waals surface area (Å²) in [7, 11) is 0. The van der Waals surface area contributed by atoms with Gasteiger partial charge in [-0.2, -0.15) is 0 Å². The lowest BCUT2D eigenvalue weighted by atomic mass is 10.1. The predicted octanol–water partition coefficient (Wildman–Crippen LogP) is 4.35. The minimum atomic E-state index is -0.977. The summed E-state index contributed by atoms with van der Waals surface area (Å²) in [4.78, 5) is 40.4. The van der Waals surface area contributed by atoms with Gasteiger partial charge in [0.15, 0.2) is 0 Å². The zero-order valence-corrected chi connectivity index (χ0v) is 20.6. The Morgan fingerprint density at radius 3 is 2.51 bits per heavy atom. The molecule has 3 atom stereocenters. The summed E-state index contributed by atoms with van der Waals surface area (Å²) in [5.41, 5.74) is 1.88. The third kappa shape index (κ3) is 6.07. The molecule has 10 heteroatoms. The van der Waals surface area contributed by atoms with Crippen LogP contribution in [0.25, 0.3) is 0 Å². The van der Waals surface area contributed by atoms with Gasteiger partial charge in [-0.15, -0.1) is 23.1 Å². The normalized spacial score (nSPS) is 18.1. The van der Waals surface area contributed by atoms with Crippen molar-refractivity contribution in [2.24, 2.45) is 0 Å². The van der Waals surface area contributed by atoms with Crippen molar-refractivity contribution in [1.82, 2.24) is 10.6 Å². The maximum atomic E-state index is 13.4. The van der Waals surface area contributed by atoms with Crippen LogP contribution < -0.4 is 16.0 Å². The second kappa shape index (κ2) is 10.6. The van der Waals surface area contributed by atoms with Gasteiger partial charge < -0.3 is 16.0 Å². The van der Waals surface area contributed by atoms with Gasteiger partial charge in [-0.1, -0.05) is 12.1 Å². The van der Waals surface area contributed by atoms with Gasteiger partial charge in [-0.05, 0) is 60.7 Å². The van der Waals surface area contributed by atoms with Crippen LogP contribution in [-0.4, -0.2) is 29.8 Å². The number of benzene rings is 2. The Labute approximate surface area is 209 Å². The van der Waals surface area contributed by atoms with E-state index in [1.165, 1.54) is 30.0 Å². The number of nitrogens with one attached hydrogen (secondary N) is 3. The Balaban J connectivity index is 1.48. The molecule has 0 radical (unpaired) electrons.